The van der Waals surface area contributed by atoms with Gasteiger partial charge >= 0.3 is 0 Å². The van der Waals surface area contributed by atoms with Crippen LogP contribution >= 0.6 is 11.6 Å². The first kappa shape index (κ1) is 28.6. The molecule has 4 rings (SSSR count). The molecule has 0 fully saturated rings. The van der Waals surface area contributed by atoms with Crippen molar-refractivity contribution in [1.82, 2.24) is 30.4 Å². The Bertz CT molecular complexity index is 1460. The minimum atomic E-state index is -1.08. The molecule has 0 saturated heterocycles. The number of furan rings is 1. The highest BCUT2D eigenvalue weighted by molar-refractivity contribution is 6.31. The fraction of sp³-hybridized carbons (Fsp3) is 0.321. The molecule has 0 radical (unpaired) electrons. The van der Waals surface area contributed by atoms with E-state index in [9.17, 15) is 9.59 Å². The lowest BCUT2D eigenvalue weighted by Crippen LogP contribution is -2.49. The summed E-state index contributed by atoms with van der Waals surface area (Å²) in [6.07, 6.45) is 1.46. The number of hydrogen-bond donors (Lipinski definition) is 1. The van der Waals surface area contributed by atoms with Gasteiger partial charge in [0.2, 0.25) is 11.7 Å². The van der Waals surface area contributed by atoms with Gasteiger partial charge in [0, 0.05) is 22.7 Å². The number of carbonyl (C=O) groups excluding carboxylic acids is 2. The third kappa shape index (κ3) is 6.78. The van der Waals surface area contributed by atoms with E-state index in [0.717, 1.165) is 0 Å². The molecule has 0 bridgehead atoms. The average Bonchev–Trinajstić information content (AvgIpc) is 3.61. The molecule has 0 unspecified atom stereocenters. The molecule has 40 heavy (non-hydrogen) atoms. The Labute approximate surface area is 237 Å². The molecule has 2 heterocycles. The van der Waals surface area contributed by atoms with Crippen LogP contribution in [0.3, 0.4) is 0 Å². The molecule has 0 aliphatic heterocycles. The second kappa shape index (κ2) is 12.2. The van der Waals surface area contributed by atoms with Crippen LogP contribution in [0.15, 0.2) is 65.3 Å². The van der Waals surface area contributed by atoms with Gasteiger partial charge in [-0.05, 0) is 67.9 Å². The number of hydrogen-bond acceptors (Lipinski definition) is 8. The molecule has 1 atom stereocenters. The van der Waals surface area contributed by atoms with Gasteiger partial charge in [-0.2, -0.15) is 4.80 Å². The van der Waals surface area contributed by atoms with Crippen LogP contribution < -0.4 is 14.8 Å². The van der Waals surface area contributed by atoms with Gasteiger partial charge in [0.1, 0.15) is 12.3 Å². The van der Waals surface area contributed by atoms with Gasteiger partial charge in [0.15, 0.2) is 17.5 Å². The summed E-state index contributed by atoms with van der Waals surface area (Å²) in [4.78, 5) is 30.0. The smallest absolute Gasteiger partial charge is 0.251 e. The summed E-state index contributed by atoms with van der Waals surface area (Å²) in [5.74, 6) is 0.812. The number of carbonyl (C=O) groups is 2. The Morgan fingerprint density at radius 2 is 1.82 bits per heavy atom. The van der Waals surface area contributed by atoms with Crippen molar-refractivity contribution in [2.24, 2.45) is 0 Å². The number of amides is 2. The molecule has 2 aromatic heterocycles. The fourth-order valence-corrected chi connectivity index (χ4v) is 4.25. The zero-order chi connectivity index (χ0) is 28.9. The maximum atomic E-state index is 13.9. The summed E-state index contributed by atoms with van der Waals surface area (Å²) in [6, 6.07) is 14.6. The number of ether oxygens (including phenoxy) is 2. The van der Waals surface area contributed by atoms with Crippen molar-refractivity contribution in [2.45, 2.75) is 45.4 Å². The van der Waals surface area contributed by atoms with Crippen molar-refractivity contribution in [2.75, 3.05) is 14.2 Å². The summed E-state index contributed by atoms with van der Waals surface area (Å²) < 4.78 is 16.3. The molecular weight excluding hydrogens is 536 g/mol. The SMILES string of the molecule is COc1ccc(-c2nnn(CC(=O)N(Cc3ccccc3Cl)[C@@H](C(=O)NC(C)(C)C)c3ccco3)n2)cc1OC. The van der Waals surface area contributed by atoms with Crippen LogP contribution in [-0.2, 0) is 22.7 Å². The van der Waals surface area contributed by atoms with Gasteiger partial charge in [0.25, 0.3) is 5.91 Å². The van der Waals surface area contributed by atoms with Crippen LogP contribution in [0, 0.1) is 0 Å². The summed E-state index contributed by atoms with van der Waals surface area (Å²) in [7, 11) is 3.08. The molecule has 4 aromatic rings. The monoisotopic (exact) mass is 566 g/mol. The number of tetrazole rings is 1. The molecule has 2 aromatic carbocycles. The zero-order valence-corrected chi connectivity index (χ0v) is 23.7. The predicted molar refractivity (Wildman–Crippen MR) is 148 cm³/mol. The summed E-state index contributed by atoms with van der Waals surface area (Å²) >= 11 is 6.45. The second-order valence-corrected chi connectivity index (χ2v) is 10.4. The summed E-state index contributed by atoms with van der Waals surface area (Å²) in [5.41, 5.74) is 0.737. The lowest BCUT2D eigenvalue weighted by molar-refractivity contribution is -0.143. The lowest BCUT2D eigenvalue weighted by Gasteiger charge is -2.32. The van der Waals surface area contributed by atoms with Gasteiger partial charge in [-0.25, -0.2) is 0 Å². The number of benzene rings is 2. The Morgan fingerprint density at radius 1 is 1.07 bits per heavy atom. The van der Waals surface area contributed by atoms with E-state index in [0.29, 0.717) is 39.2 Å². The van der Waals surface area contributed by atoms with E-state index in [1.807, 2.05) is 26.8 Å². The third-order valence-electron chi connectivity index (χ3n) is 5.86. The second-order valence-electron chi connectivity index (χ2n) is 9.98. The average molecular weight is 567 g/mol. The number of halogens is 1. The minimum Gasteiger partial charge on any atom is -0.493 e. The topological polar surface area (TPSA) is 125 Å². The van der Waals surface area contributed by atoms with Crippen LogP contribution in [0.4, 0.5) is 0 Å². The fourth-order valence-electron chi connectivity index (χ4n) is 4.06. The maximum Gasteiger partial charge on any atom is 0.251 e. The molecule has 210 valence electrons. The molecule has 0 aliphatic rings. The van der Waals surface area contributed by atoms with E-state index in [1.165, 1.54) is 23.1 Å². The molecule has 11 nitrogen and oxygen atoms in total. The molecule has 12 heteroatoms. The minimum absolute atomic E-state index is 0.0403. The molecule has 0 aliphatic carbocycles. The Morgan fingerprint density at radius 3 is 2.48 bits per heavy atom. The molecule has 0 saturated carbocycles. The van der Waals surface area contributed by atoms with Gasteiger partial charge in [-0.3, -0.25) is 9.59 Å². The van der Waals surface area contributed by atoms with E-state index >= 15 is 0 Å². The van der Waals surface area contributed by atoms with E-state index in [1.54, 1.807) is 55.6 Å². The van der Waals surface area contributed by atoms with Crippen molar-refractivity contribution in [3.63, 3.8) is 0 Å². The van der Waals surface area contributed by atoms with E-state index in [-0.39, 0.29) is 13.1 Å². The first-order chi connectivity index (χ1) is 19.1. The molecule has 0 spiro atoms. The van der Waals surface area contributed by atoms with Gasteiger partial charge in [-0.15, -0.1) is 10.2 Å². The Balaban J connectivity index is 1.67. The highest BCUT2D eigenvalue weighted by atomic mass is 35.5. The van der Waals surface area contributed by atoms with Crippen molar-refractivity contribution in [3.05, 3.63) is 77.2 Å². The van der Waals surface area contributed by atoms with Crippen LogP contribution in [0.5, 0.6) is 11.5 Å². The first-order valence-corrected chi connectivity index (χ1v) is 12.9. The van der Waals surface area contributed by atoms with Gasteiger partial charge in [0.05, 0.1) is 20.5 Å². The van der Waals surface area contributed by atoms with Crippen LogP contribution in [-0.4, -0.2) is 56.7 Å². The predicted octanol–water partition coefficient (Wildman–Crippen LogP) is 4.29. The normalized spacial score (nSPS) is 12.1. The summed E-state index contributed by atoms with van der Waals surface area (Å²) in [5, 5.41) is 16.0. The van der Waals surface area contributed by atoms with Gasteiger partial charge in [-0.1, -0.05) is 29.8 Å². The highest BCUT2D eigenvalue weighted by Crippen LogP contribution is 2.31. The number of nitrogens with zero attached hydrogens (tertiary/aromatic N) is 5. The van der Waals surface area contributed by atoms with E-state index < -0.39 is 23.4 Å². The Kier molecular flexibility index (Phi) is 8.73. The number of methoxy groups -OCH3 is 2. The Hall–Kier alpha value is -4.38. The summed E-state index contributed by atoms with van der Waals surface area (Å²) in [6.45, 7) is 5.33. The van der Waals surface area contributed by atoms with Crippen molar-refractivity contribution < 1.29 is 23.5 Å². The lowest BCUT2D eigenvalue weighted by atomic mass is 10.1. The quantitative estimate of drug-likeness (QED) is 0.301. The highest BCUT2D eigenvalue weighted by Gasteiger charge is 2.36. The first-order valence-electron chi connectivity index (χ1n) is 12.5. The van der Waals surface area contributed by atoms with Crippen molar-refractivity contribution in [3.8, 4) is 22.9 Å². The largest absolute Gasteiger partial charge is 0.493 e. The van der Waals surface area contributed by atoms with Crippen LogP contribution in [0.2, 0.25) is 5.02 Å². The van der Waals surface area contributed by atoms with E-state index in [4.69, 9.17) is 25.5 Å². The molecular formula is C28H31ClN6O5. The zero-order valence-electron chi connectivity index (χ0n) is 22.9. The number of nitrogens with one attached hydrogen (secondary N) is 1. The number of rotatable bonds is 10. The van der Waals surface area contributed by atoms with E-state index in [2.05, 4.69) is 20.7 Å². The molecule has 1 N–H and O–H groups in total. The maximum absolute atomic E-state index is 13.9. The third-order valence-corrected chi connectivity index (χ3v) is 6.23. The van der Waals surface area contributed by atoms with Gasteiger partial charge < -0.3 is 24.1 Å². The van der Waals surface area contributed by atoms with Crippen LogP contribution in [0.1, 0.15) is 38.1 Å². The van der Waals surface area contributed by atoms with Crippen LogP contribution in [0.25, 0.3) is 11.4 Å². The van der Waals surface area contributed by atoms with Crippen molar-refractivity contribution in [1.29, 1.82) is 0 Å². The van der Waals surface area contributed by atoms with Crippen molar-refractivity contribution >= 4 is 23.4 Å². The number of aromatic nitrogens is 4. The molecule has 2 amide bonds. The standard InChI is InChI=1S/C28H31ClN6O5/c1-28(2,3)30-27(37)25(22-11-8-14-40-22)34(16-19-9-6-7-10-20(19)29)24(36)17-35-32-26(31-33-35)18-12-13-21(38-4)23(15-18)39-5/h6-15,25H,16-17H2,1-5H3,(H,30,37)/t25-/m1/s1.